The predicted molar refractivity (Wildman–Crippen MR) is 81.2 cm³/mol. The van der Waals surface area contributed by atoms with E-state index < -0.39 is 0 Å². The summed E-state index contributed by atoms with van der Waals surface area (Å²) < 4.78 is 0. The van der Waals surface area contributed by atoms with E-state index in [2.05, 4.69) is 21.6 Å². The van der Waals surface area contributed by atoms with Crippen molar-refractivity contribution in [1.29, 1.82) is 0 Å². The van der Waals surface area contributed by atoms with E-state index in [1.54, 1.807) is 11.8 Å². The van der Waals surface area contributed by atoms with Crippen LogP contribution in [0.2, 0.25) is 5.02 Å². The number of hydrazone groups is 1. The number of pyridine rings is 1. The Labute approximate surface area is 121 Å². The van der Waals surface area contributed by atoms with Crippen molar-refractivity contribution in [2.75, 3.05) is 11.2 Å². The lowest BCUT2D eigenvalue weighted by Gasteiger charge is -2.16. The van der Waals surface area contributed by atoms with Crippen molar-refractivity contribution in [3.8, 4) is 0 Å². The van der Waals surface area contributed by atoms with E-state index in [9.17, 15) is 0 Å². The van der Waals surface area contributed by atoms with Crippen LogP contribution in [0.1, 0.15) is 12.0 Å². The van der Waals surface area contributed by atoms with Crippen molar-refractivity contribution >= 4 is 34.8 Å². The van der Waals surface area contributed by atoms with E-state index in [-0.39, 0.29) is 0 Å². The van der Waals surface area contributed by atoms with Crippen LogP contribution in [-0.2, 0) is 0 Å². The van der Waals surface area contributed by atoms with Crippen molar-refractivity contribution in [3.63, 3.8) is 0 Å². The Morgan fingerprint density at radius 3 is 2.89 bits per heavy atom. The van der Waals surface area contributed by atoms with Crippen molar-refractivity contribution in [2.24, 2.45) is 5.10 Å². The van der Waals surface area contributed by atoms with Gasteiger partial charge in [-0.1, -0.05) is 11.6 Å². The standard InChI is InChI=1S/C14H12ClN3S/c15-10-3-5-11(6-4-10)17-18-13-7-9-19-14-12(13)2-1-8-16-14/h1-6,8,17H,7,9H2/b18-13-. The normalized spacial score (nSPS) is 16.2. The largest absolute Gasteiger partial charge is 0.278 e. The number of hydrogen-bond donors (Lipinski definition) is 1. The molecule has 96 valence electrons. The van der Waals surface area contributed by atoms with Crippen LogP contribution in [-0.4, -0.2) is 16.4 Å². The first kappa shape index (κ1) is 12.5. The number of anilines is 1. The summed E-state index contributed by atoms with van der Waals surface area (Å²) >= 11 is 7.63. The maximum atomic E-state index is 5.85. The minimum atomic E-state index is 0.724. The second kappa shape index (κ2) is 5.63. The minimum absolute atomic E-state index is 0.724. The van der Waals surface area contributed by atoms with Crippen LogP contribution < -0.4 is 5.43 Å². The van der Waals surface area contributed by atoms with Gasteiger partial charge in [0.25, 0.3) is 0 Å². The highest BCUT2D eigenvalue weighted by molar-refractivity contribution is 7.99. The number of nitrogens with zero attached hydrogens (tertiary/aromatic N) is 2. The number of hydrogen-bond acceptors (Lipinski definition) is 4. The van der Waals surface area contributed by atoms with Gasteiger partial charge in [-0.3, -0.25) is 5.43 Å². The van der Waals surface area contributed by atoms with Gasteiger partial charge in [0.15, 0.2) is 0 Å². The molecule has 0 saturated carbocycles. The molecule has 1 N–H and O–H groups in total. The van der Waals surface area contributed by atoms with E-state index >= 15 is 0 Å². The van der Waals surface area contributed by atoms with Crippen LogP contribution in [0.5, 0.6) is 0 Å². The molecule has 1 aromatic carbocycles. The molecule has 0 atom stereocenters. The fraction of sp³-hybridized carbons (Fsp3) is 0.143. The third-order valence-corrected chi connectivity index (χ3v) is 4.08. The molecule has 19 heavy (non-hydrogen) atoms. The van der Waals surface area contributed by atoms with E-state index in [1.165, 1.54) is 0 Å². The first-order chi connectivity index (χ1) is 9.33. The number of aromatic nitrogens is 1. The monoisotopic (exact) mass is 289 g/mol. The topological polar surface area (TPSA) is 37.3 Å². The molecular weight excluding hydrogens is 278 g/mol. The van der Waals surface area contributed by atoms with Gasteiger partial charge in [0.2, 0.25) is 0 Å². The molecule has 0 bridgehead atoms. The van der Waals surface area contributed by atoms with Crippen LogP contribution in [0.15, 0.2) is 52.7 Å². The van der Waals surface area contributed by atoms with Crippen LogP contribution >= 0.6 is 23.4 Å². The minimum Gasteiger partial charge on any atom is -0.278 e. The average Bonchev–Trinajstić information content (AvgIpc) is 2.47. The van der Waals surface area contributed by atoms with Gasteiger partial charge < -0.3 is 0 Å². The molecule has 0 spiro atoms. The van der Waals surface area contributed by atoms with Crippen molar-refractivity contribution in [3.05, 3.63) is 53.2 Å². The van der Waals surface area contributed by atoms with Crippen LogP contribution in [0.3, 0.4) is 0 Å². The molecule has 3 rings (SSSR count). The molecule has 1 aromatic heterocycles. The van der Waals surface area contributed by atoms with Crippen LogP contribution in [0.25, 0.3) is 0 Å². The van der Waals surface area contributed by atoms with E-state index in [0.717, 1.165) is 39.2 Å². The number of fused-ring (bicyclic) bond motifs is 1. The summed E-state index contributed by atoms with van der Waals surface area (Å²) in [7, 11) is 0. The zero-order valence-corrected chi connectivity index (χ0v) is 11.7. The molecule has 0 amide bonds. The smallest absolute Gasteiger partial charge is 0.105 e. The molecule has 5 heteroatoms. The lowest BCUT2D eigenvalue weighted by atomic mass is 10.1. The average molecular weight is 290 g/mol. The third-order valence-electron chi connectivity index (χ3n) is 2.82. The second-order valence-corrected chi connectivity index (χ2v) is 5.65. The highest BCUT2D eigenvalue weighted by atomic mass is 35.5. The predicted octanol–water partition coefficient (Wildman–Crippen LogP) is 4.05. The summed E-state index contributed by atoms with van der Waals surface area (Å²) in [5, 5.41) is 6.28. The highest BCUT2D eigenvalue weighted by Crippen LogP contribution is 2.28. The van der Waals surface area contributed by atoms with Gasteiger partial charge in [-0.15, -0.1) is 11.8 Å². The van der Waals surface area contributed by atoms with Crippen molar-refractivity contribution in [1.82, 2.24) is 4.98 Å². The zero-order valence-electron chi connectivity index (χ0n) is 10.1. The zero-order chi connectivity index (χ0) is 13.1. The van der Waals surface area contributed by atoms with Gasteiger partial charge >= 0.3 is 0 Å². The van der Waals surface area contributed by atoms with Gasteiger partial charge in [-0.05, 0) is 36.4 Å². The van der Waals surface area contributed by atoms with Crippen LogP contribution in [0, 0.1) is 0 Å². The quantitative estimate of drug-likeness (QED) is 0.848. The fourth-order valence-corrected chi connectivity index (χ4v) is 2.97. The first-order valence-corrected chi connectivity index (χ1v) is 7.35. The van der Waals surface area contributed by atoms with E-state index in [4.69, 9.17) is 11.6 Å². The van der Waals surface area contributed by atoms with Gasteiger partial charge in [-0.2, -0.15) is 5.10 Å². The maximum absolute atomic E-state index is 5.85. The Morgan fingerprint density at radius 2 is 2.05 bits per heavy atom. The summed E-state index contributed by atoms with van der Waals surface area (Å²) in [6, 6.07) is 11.5. The number of thioether (sulfide) groups is 1. The van der Waals surface area contributed by atoms with Gasteiger partial charge in [0.1, 0.15) is 5.03 Å². The number of nitrogens with one attached hydrogen (secondary N) is 1. The lowest BCUT2D eigenvalue weighted by molar-refractivity contribution is 1.07. The van der Waals surface area contributed by atoms with E-state index in [0.29, 0.717) is 0 Å². The Bertz CT molecular complexity index is 610. The molecule has 1 aliphatic heterocycles. The third kappa shape index (κ3) is 2.91. The maximum Gasteiger partial charge on any atom is 0.105 e. The summed E-state index contributed by atoms with van der Waals surface area (Å²) in [6.07, 6.45) is 2.77. The SMILES string of the molecule is Clc1ccc(N/N=C2/CCSc3ncccc32)cc1. The van der Waals surface area contributed by atoms with Crippen molar-refractivity contribution in [2.45, 2.75) is 11.4 Å². The highest BCUT2D eigenvalue weighted by Gasteiger charge is 2.16. The molecule has 1 aliphatic rings. The lowest BCUT2D eigenvalue weighted by Crippen LogP contribution is -2.12. The molecule has 2 heterocycles. The Kier molecular flexibility index (Phi) is 3.71. The van der Waals surface area contributed by atoms with E-state index in [1.807, 2.05) is 36.5 Å². The summed E-state index contributed by atoms with van der Waals surface area (Å²) in [6.45, 7) is 0. The molecule has 0 fully saturated rings. The Balaban J connectivity index is 1.83. The molecule has 3 nitrogen and oxygen atoms in total. The van der Waals surface area contributed by atoms with Crippen LogP contribution in [0.4, 0.5) is 5.69 Å². The summed E-state index contributed by atoms with van der Waals surface area (Å²) in [5.74, 6) is 1.02. The van der Waals surface area contributed by atoms with Gasteiger partial charge in [0.05, 0.1) is 11.4 Å². The molecule has 0 saturated heterocycles. The number of halogens is 1. The number of benzene rings is 1. The molecule has 0 radical (unpaired) electrons. The fourth-order valence-electron chi connectivity index (χ4n) is 1.88. The van der Waals surface area contributed by atoms with Gasteiger partial charge in [-0.25, -0.2) is 4.98 Å². The Hall–Kier alpha value is -1.52. The molecule has 0 unspecified atom stereocenters. The molecule has 0 aliphatic carbocycles. The molecule has 2 aromatic rings. The van der Waals surface area contributed by atoms with Gasteiger partial charge in [0, 0.05) is 29.0 Å². The Morgan fingerprint density at radius 1 is 1.21 bits per heavy atom. The van der Waals surface area contributed by atoms with Crippen molar-refractivity contribution < 1.29 is 0 Å². The number of rotatable bonds is 2. The molecular formula is C14H12ClN3S. The first-order valence-electron chi connectivity index (χ1n) is 5.99. The second-order valence-electron chi connectivity index (χ2n) is 4.13. The summed E-state index contributed by atoms with van der Waals surface area (Å²) in [4.78, 5) is 4.37. The summed E-state index contributed by atoms with van der Waals surface area (Å²) in [5.41, 5.74) is 6.18.